The molecule has 0 saturated carbocycles. The number of thiazole rings is 1. The third kappa shape index (κ3) is 3.61. The Hall–Kier alpha value is -3.19. The van der Waals surface area contributed by atoms with Crippen molar-refractivity contribution in [1.82, 2.24) is 14.6 Å². The molecule has 7 heteroatoms. The molecule has 0 atom stereocenters. The van der Waals surface area contributed by atoms with Gasteiger partial charge in [0, 0.05) is 5.56 Å². The van der Waals surface area contributed by atoms with Gasteiger partial charge < -0.3 is 9.47 Å². The maximum atomic E-state index is 12.7. The molecule has 0 bridgehead atoms. The molecule has 28 heavy (non-hydrogen) atoms. The van der Waals surface area contributed by atoms with Gasteiger partial charge in [0.2, 0.25) is 4.96 Å². The summed E-state index contributed by atoms with van der Waals surface area (Å²) in [6.07, 6.45) is 1.95. The van der Waals surface area contributed by atoms with Gasteiger partial charge in [-0.2, -0.15) is 9.50 Å². The second-order valence-electron chi connectivity index (χ2n) is 6.51. The van der Waals surface area contributed by atoms with E-state index < -0.39 is 0 Å². The van der Waals surface area contributed by atoms with E-state index >= 15 is 0 Å². The summed E-state index contributed by atoms with van der Waals surface area (Å²) in [4.78, 5) is 17.8. The van der Waals surface area contributed by atoms with Crippen molar-refractivity contribution in [2.45, 2.75) is 20.0 Å². The second kappa shape index (κ2) is 7.44. The molecule has 0 aliphatic carbocycles. The highest BCUT2D eigenvalue weighted by molar-refractivity contribution is 7.15. The number of rotatable bonds is 5. The van der Waals surface area contributed by atoms with Crippen LogP contribution in [-0.2, 0) is 0 Å². The van der Waals surface area contributed by atoms with Crippen LogP contribution in [0.4, 0.5) is 0 Å². The lowest BCUT2D eigenvalue weighted by atomic mass is 10.2. The van der Waals surface area contributed by atoms with Crippen molar-refractivity contribution >= 4 is 22.4 Å². The Labute approximate surface area is 165 Å². The molecular formula is C21H19N3O3S. The minimum Gasteiger partial charge on any atom is -0.497 e. The normalized spacial score (nSPS) is 12.1. The lowest BCUT2D eigenvalue weighted by Gasteiger charge is -2.09. The molecule has 0 aliphatic rings. The number of benzene rings is 2. The molecule has 0 saturated heterocycles. The number of ether oxygens (including phenoxy) is 2. The molecule has 4 rings (SSSR count). The van der Waals surface area contributed by atoms with Crippen LogP contribution in [0.25, 0.3) is 22.4 Å². The number of fused-ring (bicyclic) bond motifs is 1. The lowest BCUT2D eigenvalue weighted by molar-refractivity contribution is 0.242. The predicted octanol–water partition coefficient (Wildman–Crippen LogP) is 3.16. The van der Waals surface area contributed by atoms with Gasteiger partial charge in [-0.1, -0.05) is 23.5 Å². The van der Waals surface area contributed by atoms with Crippen LogP contribution in [-0.4, -0.2) is 27.8 Å². The largest absolute Gasteiger partial charge is 0.497 e. The van der Waals surface area contributed by atoms with Gasteiger partial charge in [-0.05, 0) is 61.9 Å². The molecule has 6 nitrogen and oxygen atoms in total. The van der Waals surface area contributed by atoms with Crippen LogP contribution in [0, 0.1) is 0 Å². The van der Waals surface area contributed by atoms with Crippen molar-refractivity contribution in [1.29, 1.82) is 0 Å². The van der Waals surface area contributed by atoms with Gasteiger partial charge in [0.15, 0.2) is 5.82 Å². The maximum absolute atomic E-state index is 12.7. The van der Waals surface area contributed by atoms with Crippen molar-refractivity contribution < 1.29 is 9.47 Å². The first kappa shape index (κ1) is 18.2. The molecule has 2 aromatic heterocycles. The van der Waals surface area contributed by atoms with Crippen molar-refractivity contribution in [3.8, 4) is 22.9 Å². The van der Waals surface area contributed by atoms with Gasteiger partial charge in [-0.15, -0.1) is 5.10 Å². The molecule has 0 amide bonds. The summed E-state index contributed by atoms with van der Waals surface area (Å²) in [7, 11) is 1.62. The highest BCUT2D eigenvalue weighted by Crippen LogP contribution is 2.21. The van der Waals surface area contributed by atoms with Crippen LogP contribution in [0.1, 0.15) is 19.4 Å². The van der Waals surface area contributed by atoms with Crippen LogP contribution < -0.4 is 19.6 Å². The summed E-state index contributed by atoms with van der Waals surface area (Å²) in [5.41, 5.74) is 1.59. The maximum Gasteiger partial charge on any atom is 0.291 e. The van der Waals surface area contributed by atoms with E-state index in [2.05, 4.69) is 10.1 Å². The fourth-order valence-electron chi connectivity index (χ4n) is 2.76. The SMILES string of the molecule is COc1ccc(/C=c2\sc3nc(-c4ccc(OC(C)C)cc4)nn3c2=O)cc1. The molecule has 142 valence electrons. The van der Waals surface area contributed by atoms with Crippen LogP contribution in [0.3, 0.4) is 0 Å². The first-order valence-electron chi connectivity index (χ1n) is 8.86. The van der Waals surface area contributed by atoms with Crippen molar-refractivity contribution in [2.24, 2.45) is 0 Å². The van der Waals surface area contributed by atoms with Gasteiger partial charge >= 0.3 is 0 Å². The van der Waals surface area contributed by atoms with Crippen molar-refractivity contribution in [2.75, 3.05) is 7.11 Å². The van der Waals surface area contributed by atoms with Gasteiger partial charge in [0.1, 0.15) is 11.5 Å². The number of nitrogens with zero attached hydrogens (tertiary/aromatic N) is 3. The first-order valence-corrected chi connectivity index (χ1v) is 9.67. The topological polar surface area (TPSA) is 65.7 Å². The number of hydrogen-bond donors (Lipinski definition) is 0. The summed E-state index contributed by atoms with van der Waals surface area (Å²) >= 11 is 1.32. The Kier molecular flexibility index (Phi) is 4.83. The number of methoxy groups -OCH3 is 1. The van der Waals surface area contributed by atoms with Crippen molar-refractivity contribution in [3.05, 3.63) is 69.0 Å². The van der Waals surface area contributed by atoms with Gasteiger partial charge in [-0.3, -0.25) is 4.79 Å². The third-order valence-corrected chi connectivity index (χ3v) is 5.04. The molecule has 0 aliphatic heterocycles. The molecule has 0 radical (unpaired) electrons. The first-order chi connectivity index (χ1) is 13.5. The molecule has 0 unspecified atom stereocenters. The molecular weight excluding hydrogens is 374 g/mol. The molecule has 2 heterocycles. The summed E-state index contributed by atoms with van der Waals surface area (Å²) in [6.45, 7) is 3.96. The zero-order valence-corrected chi connectivity index (χ0v) is 16.6. The number of hydrogen-bond acceptors (Lipinski definition) is 6. The average molecular weight is 393 g/mol. The standard InChI is InChI=1S/C21H19N3O3S/c1-13(2)27-17-10-6-15(7-11-17)19-22-21-24(23-19)20(25)18(28-21)12-14-4-8-16(26-3)9-5-14/h4-13H,1-3H3/b18-12-. The van der Waals surface area contributed by atoms with E-state index in [9.17, 15) is 4.79 Å². The van der Waals surface area contributed by atoms with E-state index in [0.717, 1.165) is 22.6 Å². The van der Waals surface area contributed by atoms with Crippen molar-refractivity contribution in [3.63, 3.8) is 0 Å². The fourth-order valence-corrected chi connectivity index (χ4v) is 3.67. The predicted molar refractivity (Wildman–Crippen MR) is 110 cm³/mol. The minimum absolute atomic E-state index is 0.116. The third-order valence-electron chi connectivity index (χ3n) is 4.08. The van der Waals surface area contributed by atoms with Crippen LogP contribution in [0.2, 0.25) is 0 Å². The van der Waals surface area contributed by atoms with Crippen LogP contribution in [0.5, 0.6) is 11.5 Å². The highest BCUT2D eigenvalue weighted by atomic mass is 32.1. The zero-order chi connectivity index (χ0) is 19.7. The highest BCUT2D eigenvalue weighted by Gasteiger charge is 2.12. The lowest BCUT2D eigenvalue weighted by Crippen LogP contribution is -2.23. The smallest absolute Gasteiger partial charge is 0.291 e. The van der Waals surface area contributed by atoms with E-state index in [0.29, 0.717) is 15.3 Å². The van der Waals surface area contributed by atoms with E-state index in [1.165, 1.54) is 15.9 Å². The summed E-state index contributed by atoms with van der Waals surface area (Å²) in [6, 6.07) is 15.1. The fraction of sp³-hybridized carbons (Fsp3) is 0.190. The average Bonchev–Trinajstić information content (AvgIpc) is 3.22. The molecule has 2 aromatic carbocycles. The minimum atomic E-state index is -0.172. The molecule has 4 aromatic rings. The van der Waals surface area contributed by atoms with Crippen LogP contribution >= 0.6 is 11.3 Å². The molecule has 0 N–H and O–H groups in total. The van der Waals surface area contributed by atoms with E-state index in [1.807, 2.05) is 68.5 Å². The molecule has 0 spiro atoms. The monoisotopic (exact) mass is 393 g/mol. The van der Waals surface area contributed by atoms with E-state index in [4.69, 9.17) is 9.47 Å². The van der Waals surface area contributed by atoms with Gasteiger partial charge in [-0.25, -0.2) is 0 Å². The summed E-state index contributed by atoms with van der Waals surface area (Å²) in [5.74, 6) is 2.09. The Bertz CT molecular complexity index is 1210. The quantitative estimate of drug-likeness (QED) is 0.521. The van der Waals surface area contributed by atoms with Gasteiger partial charge in [0.05, 0.1) is 17.7 Å². The Morgan fingerprint density at radius 2 is 1.71 bits per heavy atom. The number of aromatic nitrogens is 3. The van der Waals surface area contributed by atoms with E-state index in [1.54, 1.807) is 7.11 Å². The zero-order valence-electron chi connectivity index (χ0n) is 15.7. The van der Waals surface area contributed by atoms with Crippen LogP contribution in [0.15, 0.2) is 53.3 Å². The summed E-state index contributed by atoms with van der Waals surface area (Å²) < 4.78 is 12.7. The Morgan fingerprint density at radius 3 is 2.32 bits per heavy atom. The van der Waals surface area contributed by atoms with E-state index in [-0.39, 0.29) is 11.7 Å². The summed E-state index contributed by atoms with van der Waals surface area (Å²) in [5, 5.41) is 4.39. The molecule has 0 fully saturated rings. The Morgan fingerprint density at radius 1 is 1.04 bits per heavy atom. The second-order valence-corrected chi connectivity index (χ2v) is 7.52. The van der Waals surface area contributed by atoms with Gasteiger partial charge in [0.25, 0.3) is 5.56 Å². The Balaban J connectivity index is 1.66.